The van der Waals surface area contributed by atoms with Gasteiger partial charge in [0.2, 0.25) is 0 Å². The minimum Gasteiger partial charge on any atom is -0.494 e. The van der Waals surface area contributed by atoms with Crippen LogP contribution in [0.4, 0.5) is 0 Å². The second-order valence-electron chi connectivity index (χ2n) is 17.8. The molecule has 0 aromatic heterocycles. The van der Waals surface area contributed by atoms with Crippen molar-refractivity contribution in [1.82, 2.24) is 0 Å². The third-order valence-electron chi connectivity index (χ3n) is 12.0. The van der Waals surface area contributed by atoms with Crippen molar-refractivity contribution < 1.29 is 47.5 Å². The molecular weight excluding hydrogens is 833 g/mol. The van der Waals surface area contributed by atoms with Gasteiger partial charge in [0.25, 0.3) is 0 Å². The Bertz CT molecular complexity index is 1640. The van der Waals surface area contributed by atoms with Gasteiger partial charge in [-0.2, -0.15) is 0 Å². The van der Waals surface area contributed by atoms with Crippen LogP contribution in [0.5, 0.6) is 17.2 Å². The van der Waals surface area contributed by atoms with E-state index in [0.717, 1.165) is 90.0 Å². The van der Waals surface area contributed by atoms with Crippen molar-refractivity contribution in [1.29, 1.82) is 0 Å². The number of carbonyl (C=O) groups excluding carboxylic acids is 2. The van der Waals surface area contributed by atoms with Crippen LogP contribution in [0, 0.1) is 6.92 Å². The Morgan fingerprint density at radius 1 is 0.606 bits per heavy atom. The van der Waals surface area contributed by atoms with E-state index in [2.05, 4.69) is 6.58 Å². The highest BCUT2D eigenvalue weighted by Gasteiger charge is 2.15. The molecule has 0 bridgehead atoms. The van der Waals surface area contributed by atoms with Gasteiger partial charge in [-0.05, 0) is 131 Å². The predicted octanol–water partition coefficient (Wildman–Crippen LogP) is 14.4. The zero-order valence-corrected chi connectivity index (χ0v) is 40.6. The summed E-state index contributed by atoms with van der Waals surface area (Å²) in [7, 11) is 0. The minimum absolute atomic E-state index is 0.0361. The van der Waals surface area contributed by atoms with Crippen LogP contribution in [0.2, 0.25) is 0 Å². The maximum Gasteiger partial charge on any atom is 0.343 e. The van der Waals surface area contributed by atoms with Gasteiger partial charge in [-0.1, -0.05) is 121 Å². The monoisotopic (exact) mass is 917 g/mol. The second kappa shape index (κ2) is 36.1. The summed E-state index contributed by atoms with van der Waals surface area (Å²) in [6.45, 7) is 10.2. The van der Waals surface area contributed by atoms with Gasteiger partial charge < -0.3 is 37.9 Å². The Morgan fingerprint density at radius 2 is 1.11 bits per heavy atom. The van der Waals surface area contributed by atoms with Crippen LogP contribution in [0.1, 0.15) is 189 Å². The lowest BCUT2D eigenvalue weighted by Gasteiger charge is -2.22. The lowest BCUT2D eigenvalue weighted by Crippen LogP contribution is -2.22. The number of esters is 2. The molecule has 10 nitrogen and oxygen atoms in total. The molecule has 0 N–H and O–H groups in total. The molecule has 2 aliphatic rings. The van der Waals surface area contributed by atoms with Crippen molar-refractivity contribution in [3.8, 4) is 17.2 Å². The van der Waals surface area contributed by atoms with E-state index < -0.39 is 11.9 Å². The number of benzene rings is 2. The molecule has 2 aliphatic heterocycles. The van der Waals surface area contributed by atoms with Gasteiger partial charge in [-0.25, -0.2) is 4.79 Å². The summed E-state index contributed by atoms with van der Waals surface area (Å²) in [5.74, 6) is 1.30. The fourth-order valence-electron chi connectivity index (χ4n) is 8.09. The van der Waals surface area contributed by atoms with Gasteiger partial charge in [0.1, 0.15) is 23.0 Å². The van der Waals surface area contributed by atoms with Crippen molar-refractivity contribution in [2.45, 2.75) is 193 Å². The van der Waals surface area contributed by atoms with E-state index in [1.54, 1.807) is 66.8 Å². The Hall–Kier alpha value is -3.96. The van der Waals surface area contributed by atoms with Crippen LogP contribution in [-0.4, -0.2) is 64.2 Å². The molecule has 2 saturated heterocycles. The van der Waals surface area contributed by atoms with Gasteiger partial charge in [0, 0.05) is 26.4 Å². The maximum absolute atomic E-state index is 12.9. The Labute approximate surface area is 398 Å². The normalized spacial score (nSPS) is 16.6. The molecule has 66 heavy (non-hydrogen) atoms. The average Bonchev–Trinajstić information content (AvgIpc) is 3.33. The molecule has 2 fully saturated rings. The molecule has 2 aromatic carbocycles. The van der Waals surface area contributed by atoms with Crippen LogP contribution in [0.3, 0.4) is 0 Å². The number of hydrogen-bond donors (Lipinski definition) is 0. The largest absolute Gasteiger partial charge is 0.494 e. The smallest absolute Gasteiger partial charge is 0.343 e. The van der Waals surface area contributed by atoms with Crippen LogP contribution < -0.4 is 14.2 Å². The first-order valence-corrected chi connectivity index (χ1v) is 25.8. The summed E-state index contributed by atoms with van der Waals surface area (Å²) < 4.78 is 46.0. The van der Waals surface area contributed by atoms with E-state index in [1.165, 1.54) is 109 Å². The Kier molecular flexibility index (Phi) is 29.9. The first-order chi connectivity index (χ1) is 32.5. The third-order valence-corrected chi connectivity index (χ3v) is 12.0. The molecule has 2 heterocycles. The fourth-order valence-corrected chi connectivity index (χ4v) is 8.09. The summed E-state index contributed by atoms with van der Waals surface area (Å²) in [6.07, 6.45) is 38.3. The molecule has 2 unspecified atom stereocenters. The molecule has 0 radical (unpaired) electrons. The van der Waals surface area contributed by atoms with Crippen molar-refractivity contribution >= 4 is 11.9 Å². The van der Waals surface area contributed by atoms with E-state index in [1.807, 2.05) is 6.92 Å². The van der Waals surface area contributed by atoms with Crippen molar-refractivity contribution in [2.24, 2.45) is 0 Å². The standard InChI is InChI=1S/C56H84O10/c1-3-29-49(59-40-22-16-12-8-4-6-10-14-18-24-42-61-54-32-20-26-44-63-54)30-28-31-53(57)66-52-39-38-51(46-47(52)2)65-56(58)48-34-36-50(37-35-48)60-41-23-17-13-9-5-7-11-15-19-25-43-62-55-33-21-27-45-64-55/h3,28-30,34-39,46,54-55H,1,4-27,31-33,40-45H2,2H3/b30-28-,49-29+. The number of allylic oxidation sites excluding steroid dienone is 3. The first kappa shape index (κ1) is 54.6. The van der Waals surface area contributed by atoms with Crippen molar-refractivity contribution in [3.63, 3.8) is 0 Å². The van der Waals surface area contributed by atoms with Gasteiger partial charge >= 0.3 is 11.9 Å². The zero-order chi connectivity index (χ0) is 46.5. The van der Waals surface area contributed by atoms with Gasteiger partial charge in [-0.3, -0.25) is 4.79 Å². The molecule has 0 saturated carbocycles. The van der Waals surface area contributed by atoms with E-state index in [9.17, 15) is 9.59 Å². The molecule has 0 amide bonds. The quantitative estimate of drug-likeness (QED) is 0.0214. The van der Waals surface area contributed by atoms with E-state index in [-0.39, 0.29) is 19.0 Å². The number of carbonyl (C=O) groups is 2. The summed E-state index contributed by atoms with van der Waals surface area (Å²) >= 11 is 0. The summed E-state index contributed by atoms with van der Waals surface area (Å²) in [5.41, 5.74) is 1.10. The van der Waals surface area contributed by atoms with Crippen molar-refractivity contribution in [2.75, 3.05) is 39.6 Å². The highest BCUT2D eigenvalue weighted by atomic mass is 16.7. The molecule has 2 aromatic rings. The summed E-state index contributed by atoms with van der Waals surface area (Å²) in [5, 5.41) is 0. The highest BCUT2D eigenvalue weighted by Crippen LogP contribution is 2.25. The average molecular weight is 917 g/mol. The SMILES string of the molecule is C=C/C=C(\C=C/CC(=O)Oc1ccc(OC(=O)c2ccc(OCCCCCCCCCCCCOC3CCCCO3)cc2)cc1C)OCCCCCCCCCCCCOC1CCCCO1. The van der Waals surface area contributed by atoms with Gasteiger partial charge in [0.15, 0.2) is 12.6 Å². The number of unbranched alkanes of at least 4 members (excludes halogenated alkanes) is 18. The lowest BCUT2D eigenvalue weighted by atomic mass is 10.1. The zero-order valence-electron chi connectivity index (χ0n) is 40.6. The van der Waals surface area contributed by atoms with Gasteiger partial charge in [0.05, 0.1) is 25.2 Å². The number of ether oxygens (including phenoxy) is 8. The van der Waals surface area contributed by atoms with Gasteiger partial charge in [-0.15, -0.1) is 0 Å². The van der Waals surface area contributed by atoms with E-state index in [4.69, 9.17) is 37.9 Å². The molecule has 0 aliphatic carbocycles. The summed E-state index contributed by atoms with van der Waals surface area (Å²) in [6, 6.07) is 12.0. The van der Waals surface area contributed by atoms with Crippen LogP contribution in [0.15, 0.2) is 79.1 Å². The molecule has 0 spiro atoms. The van der Waals surface area contributed by atoms with Crippen LogP contribution >= 0.6 is 0 Å². The topological polar surface area (TPSA) is 108 Å². The number of aryl methyl sites for hydroxylation is 1. The predicted molar refractivity (Wildman–Crippen MR) is 263 cm³/mol. The molecule has 10 heteroatoms. The third kappa shape index (κ3) is 25.8. The van der Waals surface area contributed by atoms with Crippen LogP contribution in [0.25, 0.3) is 0 Å². The fraction of sp³-hybridized carbons (Fsp3) is 0.643. The van der Waals surface area contributed by atoms with Crippen LogP contribution in [-0.2, 0) is 28.5 Å². The second-order valence-corrected chi connectivity index (χ2v) is 17.8. The molecule has 2 atom stereocenters. The van der Waals surface area contributed by atoms with E-state index in [0.29, 0.717) is 41.6 Å². The van der Waals surface area contributed by atoms with Crippen molar-refractivity contribution in [3.05, 3.63) is 90.2 Å². The Morgan fingerprint density at radius 3 is 1.61 bits per heavy atom. The molecular formula is C56H84O10. The molecule has 368 valence electrons. The first-order valence-electron chi connectivity index (χ1n) is 25.8. The summed E-state index contributed by atoms with van der Waals surface area (Å²) in [4.78, 5) is 25.6. The lowest BCUT2D eigenvalue weighted by molar-refractivity contribution is -0.163. The highest BCUT2D eigenvalue weighted by molar-refractivity contribution is 5.91. The number of rotatable bonds is 37. The maximum atomic E-state index is 12.9. The molecule has 4 rings (SSSR count). The number of hydrogen-bond acceptors (Lipinski definition) is 10. The minimum atomic E-state index is -0.472. The van der Waals surface area contributed by atoms with E-state index >= 15 is 0 Å². The Balaban J connectivity index is 0.969.